The predicted octanol–water partition coefficient (Wildman–Crippen LogP) is 1.76. The van der Waals surface area contributed by atoms with Crippen molar-refractivity contribution in [2.75, 3.05) is 13.2 Å². The molecular formula is C45H59N3O15. The molecule has 1 aromatic carbocycles. The first-order chi connectivity index (χ1) is 29.7. The van der Waals surface area contributed by atoms with E-state index in [0.717, 1.165) is 25.7 Å². The fourth-order valence-corrected chi connectivity index (χ4v) is 9.76. The van der Waals surface area contributed by atoms with Crippen LogP contribution in [0.25, 0.3) is 6.08 Å². The molecule has 18 nitrogen and oxygen atoms in total. The Morgan fingerprint density at radius 3 is 2.33 bits per heavy atom. The largest absolute Gasteiger partial charge is 0.462 e. The lowest BCUT2D eigenvalue weighted by Crippen LogP contribution is -2.71. The summed E-state index contributed by atoms with van der Waals surface area (Å²) >= 11 is 0. The van der Waals surface area contributed by atoms with Crippen LogP contribution in [0.5, 0.6) is 0 Å². The van der Waals surface area contributed by atoms with Gasteiger partial charge in [0.2, 0.25) is 17.9 Å². The number of cyclic esters (lactones) is 1. The van der Waals surface area contributed by atoms with Crippen LogP contribution in [0.1, 0.15) is 97.6 Å². The molecule has 4 heterocycles. The van der Waals surface area contributed by atoms with Crippen molar-refractivity contribution in [1.82, 2.24) is 15.7 Å². The Kier molecular flexibility index (Phi) is 12.1. The van der Waals surface area contributed by atoms with Crippen molar-refractivity contribution in [3.8, 4) is 0 Å². The van der Waals surface area contributed by atoms with Gasteiger partial charge in [-0.3, -0.25) is 24.0 Å². The van der Waals surface area contributed by atoms with Crippen LogP contribution in [0.4, 0.5) is 0 Å². The van der Waals surface area contributed by atoms with Crippen LogP contribution in [0.2, 0.25) is 0 Å². The third-order valence-electron chi connectivity index (χ3n) is 13.1. The summed E-state index contributed by atoms with van der Waals surface area (Å²) in [5, 5.41) is 27.8. The van der Waals surface area contributed by atoms with Gasteiger partial charge in [-0.1, -0.05) is 38.1 Å². The summed E-state index contributed by atoms with van der Waals surface area (Å²) in [6, 6.07) is 3.30. The topological polar surface area (TPSA) is 235 Å². The van der Waals surface area contributed by atoms with Crippen molar-refractivity contribution in [2.45, 2.75) is 159 Å². The van der Waals surface area contributed by atoms with Gasteiger partial charge in [0.25, 0.3) is 0 Å². The molecule has 7 fully saturated rings. The molecule has 7 aliphatic rings. The van der Waals surface area contributed by atoms with Gasteiger partial charge in [0.1, 0.15) is 48.1 Å². The second-order valence-corrected chi connectivity index (χ2v) is 19.9. The van der Waals surface area contributed by atoms with E-state index in [1.54, 1.807) is 58.9 Å². The lowest BCUT2D eigenvalue weighted by molar-refractivity contribution is -0.235. The summed E-state index contributed by atoms with van der Waals surface area (Å²) in [4.78, 5) is 87.2. The van der Waals surface area contributed by atoms with Crippen LogP contribution in [-0.2, 0) is 68.6 Å². The van der Waals surface area contributed by atoms with E-state index in [1.165, 1.54) is 24.1 Å². The SMILES string of the molecule is C[C@H](O)[C@@H](NC(=O)[C@@]12C[C@H]3OC(=O)[C@@H]1N(Cc1cccc(C=CC(=O)O[C@H]4C(=O)OCC4(C)C)c1)O[C@@H]2[C@H]1OC(C2CC2)(C2CC2)O[C@H]13)C(=O)N[C@H](CO)CCC(=O)OC(C)(C)C. The fourth-order valence-electron chi connectivity index (χ4n) is 9.76. The van der Waals surface area contributed by atoms with E-state index in [1.807, 2.05) is 0 Å². The molecule has 0 spiro atoms. The van der Waals surface area contributed by atoms with Crippen LogP contribution in [0.3, 0.4) is 0 Å². The third kappa shape index (κ3) is 8.86. The van der Waals surface area contributed by atoms with E-state index in [4.69, 9.17) is 33.3 Å². The van der Waals surface area contributed by atoms with Crippen molar-refractivity contribution in [3.63, 3.8) is 0 Å². The third-order valence-corrected chi connectivity index (χ3v) is 13.1. The molecule has 344 valence electrons. The second kappa shape index (κ2) is 16.8. The lowest BCUT2D eigenvalue weighted by atomic mass is 9.62. The van der Waals surface area contributed by atoms with Crippen LogP contribution in [-0.4, -0.2) is 130 Å². The molecule has 4 aliphatic heterocycles. The van der Waals surface area contributed by atoms with Crippen molar-refractivity contribution in [1.29, 1.82) is 0 Å². The molecular weight excluding hydrogens is 823 g/mol. The number of nitrogens with zero attached hydrogens (tertiary/aromatic N) is 1. The molecule has 10 atom stereocenters. The van der Waals surface area contributed by atoms with Crippen LogP contribution in [0.15, 0.2) is 30.3 Å². The van der Waals surface area contributed by atoms with Gasteiger partial charge >= 0.3 is 23.9 Å². The summed E-state index contributed by atoms with van der Waals surface area (Å²) < 4.78 is 35.7. The summed E-state index contributed by atoms with van der Waals surface area (Å²) in [6.45, 7) is 9.64. The quantitative estimate of drug-likeness (QED) is 0.105. The molecule has 1 aromatic rings. The highest BCUT2D eigenvalue weighted by atomic mass is 16.8. The smallest absolute Gasteiger partial charge is 0.348 e. The molecule has 0 aromatic heterocycles. The zero-order valence-corrected chi connectivity index (χ0v) is 36.5. The van der Waals surface area contributed by atoms with Crippen molar-refractivity contribution in [3.05, 3.63) is 41.5 Å². The highest BCUT2D eigenvalue weighted by molar-refractivity contribution is 5.96. The van der Waals surface area contributed by atoms with Crippen LogP contribution < -0.4 is 10.6 Å². The van der Waals surface area contributed by atoms with E-state index < -0.39 is 119 Å². The van der Waals surface area contributed by atoms with Gasteiger partial charge in [0.15, 0.2) is 11.8 Å². The number of aliphatic hydroxyl groups is 2. The Bertz CT molecular complexity index is 2010. The number of esters is 4. The van der Waals surface area contributed by atoms with E-state index >= 15 is 4.79 Å². The minimum atomic E-state index is -1.68. The normalized spacial score (nSPS) is 31.9. The van der Waals surface area contributed by atoms with Crippen molar-refractivity contribution in [2.24, 2.45) is 22.7 Å². The standard InChI is InChI=1S/C45H59N3O15/c1-23(50)32(38(53)46-28(21-49)15-17-31(52)60-42(2,3)4)47-41(56)44-19-29-33-34(62-45(61-33,26-11-12-26)27-13-14-27)36(44)63-48(35(44)39(54)58-29)20-25-9-7-8-24(18-25)10-16-30(51)59-37-40(55)57-22-43(37,5)6/h7-10,16,18,23,26-29,32-37,49-50H,11-15,17,19-22H2,1-6H3,(H,46,53)(H,47,56)/t23-,28-,29+,32+,33-,34-,35-,36+,37-,44-/m0/s1. The van der Waals surface area contributed by atoms with E-state index in [9.17, 15) is 34.2 Å². The van der Waals surface area contributed by atoms with Gasteiger partial charge in [-0.15, -0.1) is 0 Å². The highest BCUT2D eigenvalue weighted by Gasteiger charge is 2.78. The van der Waals surface area contributed by atoms with Crippen molar-refractivity contribution < 1.29 is 72.2 Å². The number of nitrogens with one attached hydrogen (secondary N) is 2. The zero-order valence-electron chi connectivity index (χ0n) is 36.5. The Morgan fingerprint density at radius 1 is 1.02 bits per heavy atom. The van der Waals surface area contributed by atoms with Gasteiger partial charge in [0.05, 0.1) is 25.3 Å². The molecule has 2 bridgehead atoms. The number of carbonyl (C=O) groups is 6. The number of ether oxygens (including phenoxy) is 6. The molecule has 4 saturated heterocycles. The average molecular weight is 882 g/mol. The Labute approximate surface area is 365 Å². The lowest BCUT2D eigenvalue weighted by Gasteiger charge is -2.49. The minimum Gasteiger partial charge on any atom is -0.462 e. The molecule has 63 heavy (non-hydrogen) atoms. The number of rotatable bonds is 16. The number of aliphatic hydroxyl groups excluding tert-OH is 2. The Morgan fingerprint density at radius 2 is 1.71 bits per heavy atom. The first kappa shape index (κ1) is 45.1. The number of hydroxylamine groups is 2. The molecule has 0 radical (unpaired) electrons. The van der Waals surface area contributed by atoms with Gasteiger partial charge in [-0.25, -0.2) is 9.59 Å². The van der Waals surface area contributed by atoms with E-state index in [-0.39, 0.29) is 44.2 Å². The number of carbonyl (C=O) groups excluding carboxylic acids is 6. The van der Waals surface area contributed by atoms with E-state index in [2.05, 4.69) is 10.6 Å². The first-order valence-electron chi connectivity index (χ1n) is 22.0. The van der Waals surface area contributed by atoms with Crippen LogP contribution in [0, 0.1) is 22.7 Å². The summed E-state index contributed by atoms with van der Waals surface area (Å²) in [5.41, 5.74) is -1.84. The zero-order chi connectivity index (χ0) is 45.2. The second-order valence-electron chi connectivity index (χ2n) is 19.9. The molecule has 8 rings (SSSR count). The highest BCUT2D eigenvalue weighted by Crippen LogP contribution is 2.64. The number of fused-ring (bicyclic) bond motifs is 4. The van der Waals surface area contributed by atoms with Gasteiger partial charge in [-0.05, 0) is 77.0 Å². The predicted molar refractivity (Wildman–Crippen MR) is 217 cm³/mol. The average Bonchev–Trinajstić information content (AvgIpc) is 4.16. The molecule has 0 unspecified atom stereocenters. The van der Waals surface area contributed by atoms with Gasteiger partial charge < -0.3 is 49.3 Å². The first-order valence-corrected chi connectivity index (χ1v) is 22.0. The maximum Gasteiger partial charge on any atom is 0.348 e. The summed E-state index contributed by atoms with van der Waals surface area (Å²) in [5.74, 6) is -4.73. The molecule has 3 aliphatic carbocycles. The maximum atomic E-state index is 15.1. The monoisotopic (exact) mass is 881 g/mol. The number of benzene rings is 1. The van der Waals surface area contributed by atoms with E-state index in [0.29, 0.717) is 11.1 Å². The number of amides is 2. The molecule has 18 heteroatoms. The molecule has 4 N–H and O–H groups in total. The number of hydrogen-bond acceptors (Lipinski definition) is 16. The summed E-state index contributed by atoms with van der Waals surface area (Å²) in [7, 11) is 0. The van der Waals surface area contributed by atoms with Gasteiger partial charge in [-0.2, -0.15) is 5.06 Å². The molecule has 2 amide bonds. The summed E-state index contributed by atoms with van der Waals surface area (Å²) in [6.07, 6.45) is 0.334. The molecule has 3 saturated carbocycles. The van der Waals surface area contributed by atoms with Gasteiger partial charge in [0, 0.05) is 36.2 Å². The number of hydrogen-bond donors (Lipinski definition) is 4. The Hall–Kier alpha value is -4.46. The van der Waals surface area contributed by atoms with Crippen molar-refractivity contribution >= 4 is 41.8 Å². The minimum absolute atomic E-state index is 0.0189. The van der Waals surface area contributed by atoms with Crippen LogP contribution >= 0.6 is 0 Å². The fraction of sp³-hybridized carbons (Fsp3) is 0.689. The Balaban J connectivity index is 1.04. The maximum absolute atomic E-state index is 15.1.